The molecule has 0 atom stereocenters. The van der Waals surface area contributed by atoms with E-state index < -0.39 is 0 Å². The van der Waals surface area contributed by atoms with Gasteiger partial charge in [-0.2, -0.15) is 0 Å². The van der Waals surface area contributed by atoms with Crippen LogP contribution in [0.15, 0.2) is 0 Å². The average Bonchev–Trinajstić information content (AvgIpc) is 3.12. The minimum absolute atomic E-state index is 0.142. The van der Waals surface area contributed by atoms with Gasteiger partial charge in [0.2, 0.25) is 0 Å². The average molecular weight is 730 g/mol. The number of esters is 4. The van der Waals surface area contributed by atoms with E-state index in [0.29, 0.717) is 77.8 Å². The smallest absolute Gasteiger partial charge is 0.307 e. The molecule has 0 aromatic heterocycles. The molecule has 0 saturated heterocycles. The predicted octanol–water partition coefficient (Wildman–Crippen LogP) is 7.61. The molecule has 0 aromatic rings. The van der Waals surface area contributed by atoms with Gasteiger partial charge in [0.25, 0.3) is 0 Å². The number of aliphatic hydroxyl groups excluding tert-OH is 2. The molecular formula is C40H75NO10. The highest BCUT2D eigenvalue weighted by Gasteiger charge is 2.13. The van der Waals surface area contributed by atoms with Crippen molar-refractivity contribution in [2.45, 2.75) is 174 Å². The Labute approximate surface area is 309 Å². The largest absolute Gasteiger partial charge is 0.466 e. The molecule has 0 rings (SSSR count). The summed E-state index contributed by atoms with van der Waals surface area (Å²) in [5.41, 5.74) is 0. The van der Waals surface area contributed by atoms with Gasteiger partial charge in [-0.1, -0.05) is 84.0 Å². The van der Waals surface area contributed by atoms with Crippen molar-refractivity contribution < 1.29 is 48.3 Å². The van der Waals surface area contributed by atoms with E-state index in [1.165, 1.54) is 38.5 Å². The first kappa shape index (κ1) is 48.8. The number of ether oxygens (including phenoxy) is 4. The fourth-order valence-corrected chi connectivity index (χ4v) is 5.57. The highest BCUT2D eigenvalue weighted by molar-refractivity contribution is 5.70. The molecule has 0 heterocycles. The molecule has 11 nitrogen and oxygen atoms in total. The number of carbonyl (C=O) groups excluding carboxylic acids is 4. The zero-order chi connectivity index (χ0) is 37.5. The molecule has 0 bridgehead atoms. The van der Waals surface area contributed by atoms with Gasteiger partial charge in [-0.05, 0) is 70.8 Å². The van der Waals surface area contributed by atoms with Crippen molar-refractivity contribution in [3.8, 4) is 0 Å². The predicted molar refractivity (Wildman–Crippen MR) is 200 cm³/mol. The number of carbonyl (C=O) groups is 4. The van der Waals surface area contributed by atoms with Crippen LogP contribution in [0.2, 0.25) is 0 Å². The molecule has 0 saturated carbocycles. The second-order valence-electron chi connectivity index (χ2n) is 13.6. The van der Waals surface area contributed by atoms with Gasteiger partial charge < -0.3 is 34.1 Å². The number of rotatable bonds is 39. The molecule has 0 spiro atoms. The SMILES string of the molecule is CCCCCCCCCCC(=O)OCCCCOC(=O)CCN(CCCCCO)CCC(=O)OCCCCOC(=O)CCCCCCCCCO. The fraction of sp³-hybridized carbons (Fsp3) is 0.900. The minimum atomic E-state index is -0.301. The van der Waals surface area contributed by atoms with E-state index in [1.807, 2.05) is 0 Å². The Balaban J connectivity index is 3.97. The Hall–Kier alpha value is -2.24. The summed E-state index contributed by atoms with van der Waals surface area (Å²) in [7, 11) is 0. The molecule has 0 aliphatic rings. The van der Waals surface area contributed by atoms with E-state index in [0.717, 1.165) is 70.6 Å². The van der Waals surface area contributed by atoms with Crippen molar-refractivity contribution in [2.75, 3.05) is 59.3 Å². The Morgan fingerprint density at radius 1 is 0.373 bits per heavy atom. The minimum Gasteiger partial charge on any atom is -0.466 e. The summed E-state index contributed by atoms with van der Waals surface area (Å²) in [4.78, 5) is 50.5. The molecule has 0 aliphatic heterocycles. The lowest BCUT2D eigenvalue weighted by Gasteiger charge is -2.21. The normalized spacial score (nSPS) is 11.1. The Kier molecular flexibility index (Phi) is 37.3. The van der Waals surface area contributed by atoms with Crippen LogP contribution in [0, 0.1) is 0 Å². The van der Waals surface area contributed by atoms with Crippen LogP contribution in [0.3, 0.4) is 0 Å². The summed E-state index contributed by atoms with van der Waals surface area (Å²) in [5.74, 6) is -0.934. The van der Waals surface area contributed by atoms with Gasteiger partial charge in [0, 0.05) is 39.1 Å². The maximum atomic E-state index is 12.3. The van der Waals surface area contributed by atoms with Gasteiger partial charge in [-0.25, -0.2) is 0 Å². The van der Waals surface area contributed by atoms with Gasteiger partial charge in [0.05, 0.1) is 39.3 Å². The summed E-state index contributed by atoms with van der Waals surface area (Å²) in [6.07, 6.45) is 22.9. The van der Waals surface area contributed by atoms with Crippen LogP contribution in [0.1, 0.15) is 174 Å². The van der Waals surface area contributed by atoms with E-state index >= 15 is 0 Å². The second kappa shape index (κ2) is 39.0. The lowest BCUT2D eigenvalue weighted by atomic mass is 10.1. The molecule has 0 unspecified atom stereocenters. The third kappa shape index (κ3) is 37.3. The van der Waals surface area contributed by atoms with Gasteiger partial charge >= 0.3 is 23.9 Å². The molecule has 51 heavy (non-hydrogen) atoms. The highest BCUT2D eigenvalue weighted by atomic mass is 16.5. The van der Waals surface area contributed by atoms with Crippen molar-refractivity contribution in [3.05, 3.63) is 0 Å². The molecule has 0 fully saturated rings. The zero-order valence-corrected chi connectivity index (χ0v) is 32.4. The number of unbranched alkanes of at least 4 members (excludes halogenated alkanes) is 17. The number of hydrogen-bond donors (Lipinski definition) is 2. The standard InChI is InChI=1S/C40H75NO10/c1-2-3-4-5-6-8-11-15-24-37(44)48-33-20-22-35-50-39(46)26-29-41(28-17-14-19-32-43)30-27-40(47)51-36-23-21-34-49-38(45)25-16-12-9-7-10-13-18-31-42/h42-43H,2-36H2,1H3. The lowest BCUT2D eigenvalue weighted by molar-refractivity contribution is -0.147. The van der Waals surface area contributed by atoms with Crippen LogP contribution in [-0.2, 0) is 38.1 Å². The second-order valence-corrected chi connectivity index (χ2v) is 13.6. The third-order valence-corrected chi connectivity index (χ3v) is 8.80. The van der Waals surface area contributed by atoms with Crippen LogP contribution in [0.25, 0.3) is 0 Å². The van der Waals surface area contributed by atoms with Crippen molar-refractivity contribution in [1.82, 2.24) is 4.90 Å². The van der Waals surface area contributed by atoms with Crippen LogP contribution in [0.5, 0.6) is 0 Å². The lowest BCUT2D eigenvalue weighted by Crippen LogP contribution is -2.30. The van der Waals surface area contributed by atoms with Crippen molar-refractivity contribution in [3.63, 3.8) is 0 Å². The fourth-order valence-electron chi connectivity index (χ4n) is 5.57. The van der Waals surface area contributed by atoms with E-state index in [4.69, 9.17) is 29.2 Å². The molecule has 0 aromatic carbocycles. The summed E-state index contributed by atoms with van der Waals surface area (Å²) in [5, 5.41) is 17.9. The summed E-state index contributed by atoms with van der Waals surface area (Å²) >= 11 is 0. The maximum Gasteiger partial charge on any atom is 0.307 e. The molecule has 0 amide bonds. The molecule has 0 radical (unpaired) electrons. The number of nitrogens with zero attached hydrogens (tertiary/aromatic N) is 1. The van der Waals surface area contributed by atoms with E-state index in [1.54, 1.807) is 0 Å². The Morgan fingerprint density at radius 2 is 0.686 bits per heavy atom. The van der Waals surface area contributed by atoms with Crippen molar-refractivity contribution in [1.29, 1.82) is 0 Å². The van der Waals surface area contributed by atoms with E-state index in [2.05, 4.69) is 11.8 Å². The first-order valence-corrected chi connectivity index (χ1v) is 20.5. The van der Waals surface area contributed by atoms with Crippen LogP contribution < -0.4 is 0 Å². The molecule has 2 N–H and O–H groups in total. The highest BCUT2D eigenvalue weighted by Crippen LogP contribution is 2.11. The summed E-state index contributed by atoms with van der Waals surface area (Å²) < 4.78 is 21.3. The maximum absolute atomic E-state index is 12.3. The van der Waals surface area contributed by atoms with Crippen molar-refractivity contribution in [2.24, 2.45) is 0 Å². The monoisotopic (exact) mass is 730 g/mol. The number of aliphatic hydroxyl groups is 2. The Morgan fingerprint density at radius 3 is 1.06 bits per heavy atom. The molecular weight excluding hydrogens is 654 g/mol. The molecule has 300 valence electrons. The molecule has 11 heteroatoms. The van der Waals surface area contributed by atoms with Gasteiger partial charge in [0.1, 0.15) is 0 Å². The summed E-state index contributed by atoms with van der Waals surface area (Å²) in [6.45, 7) is 5.48. The topological polar surface area (TPSA) is 149 Å². The first-order chi connectivity index (χ1) is 24.9. The van der Waals surface area contributed by atoms with E-state index in [-0.39, 0.29) is 63.1 Å². The first-order valence-electron chi connectivity index (χ1n) is 20.5. The number of hydrogen-bond acceptors (Lipinski definition) is 11. The van der Waals surface area contributed by atoms with Gasteiger partial charge in [-0.3, -0.25) is 19.2 Å². The van der Waals surface area contributed by atoms with Crippen LogP contribution in [-0.4, -0.2) is 98.3 Å². The van der Waals surface area contributed by atoms with Crippen LogP contribution >= 0.6 is 0 Å². The van der Waals surface area contributed by atoms with Crippen LogP contribution in [0.4, 0.5) is 0 Å². The van der Waals surface area contributed by atoms with Gasteiger partial charge in [0.15, 0.2) is 0 Å². The zero-order valence-electron chi connectivity index (χ0n) is 32.4. The quantitative estimate of drug-likeness (QED) is 0.0366. The Bertz CT molecular complexity index is 765. The summed E-state index contributed by atoms with van der Waals surface area (Å²) in [6, 6.07) is 0. The van der Waals surface area contributed by atoms with Gasteiger partial charge in [-0.15, -0.1) is 0 Å². The third-order valence-electron chi connectivity index (χ3n) is 8.80. The molecule has 0 aliphatic carbocycles. The van der Waals surface area contributed by atoms with Crippen molar-refractivity contribution >= 4 is 23.9 Å². The van der Waals surface area contributed by atoms with E-state index in [9.17, 15) is 19.2 Å².